The summed E-state index contributed by atoms with van der Waals surface area (Å²) < 4.78 is 1.66. The average Bonchev–Trinajstić information content (AvgIpc) is 2.45. The minimum atomic E-state index is -0.124. The zero-order valence-electron chi connectivity index (χ0n) is 9.16. The maximum Gasteiger partial charge on any atom is 0.179 e. The Labute approximate surface area is 84.1 Å². The lowest BCUT2D eigenvalue weighted by Crippen LogP contribution is -2.20. The van der Waals surface area contributed by atoms with E-state index in [1.165, 1.54) is 0 Å². The molecule has 0 aromatic carbocycles. The molecule has 0 aliphatic rings. The first-order chi connectivity index (χ1) is 6.36. The van der Waals surface area contributed by atoms with Gasteiger partial charge >= 0.3 is 0 Å². The van der Waals surface area contributed by atoms with Gasteiger partial charge in [0.25, 0.3) is 0 Å². The van der Waals surface area contributed by atoms with Gasteiger partial charge in [0, 0.05) is 18.7 Å². The van der Waals surface area contributed by atoms with Crippen molar-refractivity contribution in [3.8, 4) is 0 Å². The monoisotopic (exact) mass is 195 g/mol. The van der Waals surface area contributed by atoms with Crippen LogP contribution in [-0.4, -0.2) is 22.1 Å². The van der Waals surface area contributed by atoms with Crippen LogP contribution >= 0.6 is 0 Å². The highest BCUT2D eigenvalue weighted by Crippen LogP contribution is 2.24. The molecule has 0 spiro atoms. The Balaban J connectivity index is 3.23. The van der Waals surface area contributed by atoms with E-state index in [4.69, 9.17) is 5.73 Å². The van der Waals surface area contributed by atoms with Crippen molar-refractivity contribution in [2.24, 2.45) is 12.8 Å². The number of aryl methyl sites for hydroxylation is 1. The number of aromatic nitrogens is 2. The predicted molar refractivity (Wildman–Crippen MR) is 55.3 cm³/mol. The summed E-state index contributed by atoms with van der Waals surface area (Å²) in [6.07, 6.45) is 1.73. The van der Waals surface area contributed by atoms with Crippen LogP contribution in [0.2, 0.25) is 0 Å². The SMILES string of the molecule is Cn1cc(C(=O)CN)c(C(C)(C)C)n1. The molecule has 1 heterocycles. The first-order valence-corrected chi connectivity index (χ1v) is 4.63. The lowest BCUT2D eigenvalue weighted by molar-refractivity contribution is 0.0999. The topological polar surface area (TPSA) is 60.9 Å². The highest BCUT2D eigenvalue weighted by atomic mass is 16.1. The van der Waals surface area contributed by atoms with Gasteiger partial charge in [-0.2, -0.15) is 5.10 Å². The van der Waals surface area contributed by atoms with Crippen LogP contribution in [0, 0.1) is 0 Å². The fourth-order valence-electron chi connectivity index (χ4n) is 1.36. The van der Waals surface area contributed by atoms with E-state index < -0.39 is 0 Å². The van der Waals surface area contributed by atoms with Crippen LogP contribution in [0.15, 0.2) is 6.20 Å². The predicted octanol–water partition coefficient (Wildman–Crippen LogP) is 0.859. The standard InChI is InChI=1S/C10H17N3O/c1-10(2,3)9-7(8(14)5-11)6-13(4)12-9/h6H,5,11H2,1-4H3. The van der Waals surface area contributed by atoms with Crippen molar-refractivity contribution in [3.63, 3.8) is 0 Å². The number of ketones is 1. The normalized spacial score (nSPS) is 11.8. The molecular formula is C10H17N3O. The smallest absolute Gasteiger partial charge is 0.179 e. The average molecular weight is 195 g/mol. The summed E-state index contributed by atoms with van der Waals surface area (Å²) in [6.45, 7) is 6.13. The van der Waals surface area contributed by atoms with Gasteiger partial charge in [0.05, 0.1) is 17.8 Å². The molecule has 4 nitrogen and oxygen atoms in total. The molecular weight excluding hydrogens is 178 g/mol. The molecule has 4 heteroatoms. The zero-order chi connectivity index (χ0) is 10.9. The number of rotatable bonds is 2. The number of hydrogen-bond acceptors (Lipinski definition) is 3. The van der Waals surface area contributed by atoms with E-state index in [1.807, 2.05) is 27.8 Å². The number of Topliss-reactive ketones (excluding diaryl/α,β-unsaturated/α-hetero) is 1. The van der Waals surface area contributed by atoms with Crippen molar-refractivity contribution in [3.05, 3.63) is 17.5 Å². The maximum atomic E-state index is 11.5. The third kappa shape index (κ3) is 2.01. The van der Waals surface area contributed by atoms with Gasteiger partial charge in [-0.1, -0.05) is 20.8 Å². The van der Waals surface area contributed by atoms with Gasteiger partial charge in [0.15, 0.2) is 5.78 Å². The summed E-state index contributed by atoms with van der Waals surface area (Å²) >= 11 is 0. The molecule has 14 heavy (non-hydrogen) atoms. The van der Waals surface area contributed by atoms with E-state index in [9.17, 15) is 4.79 Å². The number of hydrogen-bond donors (Lipinski definition) is 1. The van der Waals surface area contributed by atoms with Gasteiger partial charge in [0.1, 0.15) is 0 Å². The van der Waals surface area contributed by atoms with E-state index in [0.29, 0.717) is 5.56 Å². The lowest BCUT2D eigenvalue weighted by atomic mass is 9.88. The summed E-state index contributed by atoms with van der Waals surface area (Å²) in [6, 6.07) is 0. The Morgan fingerprint density at radius 2 is 2.14 bits per heavy atom. The molecule has 0 saturated heterocycles. The third-order valence-electron chi connectivity index (χ3n) is 2.03. The Bertz CT molecular complexity index is 347. The van der Waals surface area contributed by atoms with Crippen molar-refractivity contribution < 1.29 is 4.79 Å². The highest BCUT2D eigenvalue weighted by Gasteiger charge is 2.24. The van der Waals surface area contributed by atoms with Crippen molar-refractivity contribution >= 4 is 5.78 Å². The first-order valence-electron chi connectivity index (χ1n) is 4.63. The van der Waals surface area contributed by atoms with Crippen LogP contribution in [0.4, 0.5) is 0 Å². The first kappa shape index (κ1) is 10.9. The summed E-state index contributed by atoms with van der Waals surface area (Å²) in [4.78, 5) is 11.5. The van der Waals surface area contributed by atoms with Crippen LogP contribution in [0.5, 0.6) is 0 Å². The molecule has 0 unspecified atom stereocenters. The van der Waals surface area contributed by atoms with Crippen molar-refractivity contribution in [2.45, 2.75) is 26.2 Å². The van der Waals surface area contributed by atoms with Gasteiger partial charge in [-0.25, -0.2) is 0 Å². The Kier molecular flexibility index (Phi) is 2.76. The Morgan fingerprint density at radius 3 is 2.57 bits per heavy atom. The van der Waals surface area contributed by atoms with Gasteiger partial charge in [-0.15, -0.1) is 0 Å². The van der Waals surface area contributed by atoms with Crippen molar-refractivity contribution in [1.29, 1.82) is 0 Å². The number of nitrogens with two attached hydrogens (primary N) is 1. The fourth-order valence-corrected chi connectivity index (χ4v) is 1.36. The molecule has 1 aromatic rings. The van der Waals surface area contributed by atoms with Crippen LogP contribution in [-0.2, 0) is 12.5 Å². The van der Waals surface area contributed by atoms with Crippen LogP contribution in [0.25, 0.3) is 0 Å². The fraction of sp³-hybridized carbons (Fsp3) is 0.600. The van der Waals surface area contributed by atoms with E-state index in [-0.39, 0.29) is 17.7 Å². The largest absolute Gasteiger partial charge is 0.324 e. The molecule has 0 saturated carbocycles. The second-order valence-electron chi connectivity index (χ2n) is 4.44. The van der Waals surface area contributed by atoms with Crippen molar-refractivity contribution in [1.82, 2.24) is 9.78 Å². The molecule has 0 amide bonds. The van der Waals surface area contributed by atoms with Gasteiger partial charge < -0.3 is 5.73 Å². The van der Waals surface area contributed by atoms with Gasteiger partial charge in [-0.05, 0) is 0 Å². The second kappa shape index (κ2) is 3.53. The Morgan fingerprint density at radius 1 is 1.57 bits per heavy atom. The molecule has 1 aromatic heterocycles. The van der Waals surface area contributed by atoms with Gasteiger partial charge in [-0.3, -0.25) is 9.48 Å². The second-order valence-corrected chi connectivity index (χ2v) is 4.44. The third-order valence-corrected chi connectivity index (χ3v) is 2.03. The molecule has 0 aliphatic heterocycles. The van der Waals surface area contributed by atoms with E-state index in [1.54, 1.807) is 10.9 Å². The minimum absolute atomic E-state index is 0.0365. The van der Waals surface area contributed by atoms with Crippen LogP contribution in [0.1, 0.15) is 36.8 Å². The van der Waals surface area contributed by atoms with Crippen molar-refractivity contribution in [2.75, 3.05) is 6.54 Å². The molecule has 0 atom stereocenters. The lowest BCUT2D eigenvalue weighted by Gasteiger charge is -2.16. The molecule has 0 aliphatic carbocycles. The summed E-state index contributed by atoms with van der Waals surface area (Å²) in [5.41, 5.74) is 6.67. The summed E-state index contributed by atoms with van der Waals surface area (Å²) in [5.74, 6) is -0.0528. The van der Waals surface area contributed by atoms with Gasteiger partial charge in [0.2, 0.25) is 0 Å². The van der Waals surface area contributed by atoms with E-state index in [0.717, 1.165) is 5.69 Å². The number of nitrogens with zero attached hydrogens (tertiary/aromatic N) is 2. The maximum absolute atomic E-state index is 11.5. The van der Waals surface area contributed by atoms with Crippen LogP contribution < -0.4 is 5.73 Å². The van der Waals surface area contributed by atoms with Crippen LogP contribution in [0.3, 0.4) is 0 Å². The molecule has 78 valence electrons. The van der Waals surface area contributed by atoms with E-state index in [2.05, 4.69) is 5.10 Å². The molecule has 0 fully saturated rings. The zero-order valence-corrected chi connectivity index (χ0v) is 9.16. The quantitative estimate of drug-likeness (QED) is 0.712. The molecule has 1 rings (SSSR count). The molecule has 0 bridgehead atoms. The molecule has 0 radical (unpaired) electrons. The summed E-state index contributed by atoms with van der Waals surface area (Å²) in [5, 5.41) is 4.29. The van der Waals surface area contributed by atoms with E-state index >= 15 is 0 Å². The minimum Gasteiger partial charge on any atom is -0.324 e. The number of carbonyl (C=O) groups is 1. The Hall–Kier alpha value is -1.16. The number of carbonyl (C=O) groups excluding carboxylic acids is 1. The summed E-state index contributed by atoms with van der Waals surface area (Å²) in [7, 11) is 1.81. The molecule has 2 N–H and O–H groups in total. The highest BCUT2D eigenvalue weighted by molar-refractivity contribution is 5.98.